The molecule has 0 spiro atoms. The molecule has 0 amide bonds. The van der Waals surface area contributed by atoms with Crippen molar-refractivity contribution in [3.05, 3.63) is 23.1 Å². The summed E-state index contributed by atoms with van der Waals surface area (Å²) in [4.78, 5) is 15.5. The van der Waals surface area contributed by atoms with Gasteiger partial charge in [-0.1, -0.05) is 13.3 Å². The maximum atomic E-state index is 5.97. The summed E-state index contributed by atoms with van der Waals surface area (Å²) in [6, 6.07) is 2.23. The largest absolute Gasteiger partial charge is 0.370 e. The molecule has 3 aromatic rings. The van der Waals surface area contributed by atoms with E-state index in [9.17, 15) is 0 Å². The van der Waals surface area contributed by atoms with Crippen molar-refractivity contribution in [3.8, 4) is 0 Å². The average molecular weight is 374 g/mol. The fourth-order valence-corrected chi connectivity index (χ4v) is 5.50. The smallest absolute Gasteiger partial charge is 0.127 e. The Balaban J connectivity index is 1.85. The van der Waals surface area contributed by atoms with Crippen LogP contribution in [0.15, 0.2) is 11.1 Å². The predicted molar refractivity (Wildman–Crippen MR) is 106 cm³/mol. The lowest BCUT2D eigenvalue weighted by Crippen LogP contribution is -2.32. The molecular weight excluding hydrogens is 350 g/mol. The summed E-state index contributed by atoms with van der Waals surface area (Å²) in [5.74, 6) is 1.93. The van der Waals surface area contributed by atoms with Gasteiger partial charge in [0.2, 0.25) is 0 Å². The molecule has 0 bridgehead atoms. The van der Waals surface area contributed by atoms with Crippen molar-refractivity contribution in [1.82, 2.24) is 15.0 Å². The first kappa shape index (κ1) is 17.2. The van der Waals surface area contributed by atoms with Crippen LogP contribution in [0, 0.1) is 6.92 Å². The third kappa shape index (κ3) is 3.27. The zero-order valence-corrected chi connectivity index (χ0v) is 16.8. The summed E-state index contributed by atoms with van der Waals surface area (Å²) in [5, 5.41) is 2.25. The minimum atomic E-state index is -0.137. The van der Waals surface area contributed by atoms with E-state index in [1.165, 1.54) is 28.8 Å². The van der Waals surface area contributed by atoms with Crippen molar-refractivity contribution in [2.24, 2.45) is 0 Å². The predicted octanol–water partition coefficient (Wildman–Crippen LogP) is 5.29. The van der Waals surface area contributed by atoms with Crippen molar-refractivity contribution in [3.63, 3.8) is 0 Å². The molecule has 4 rings (SSSR count). The minimum Gasteiger partial charge on any atom is -0.370 e. The molecule has 25 heavy (non-hydrogen) atoms. The SMILES string of the molecule is CCCCSc1nc(C)nc2c1sc1nc3c(cc12)COC(C)(C)C3. The maximum absolute atomic E-state index is 5.97. The molecule has 0 aliphatic carbocycles. The summed E-state index contributed by atoms with van der Waals surface area (Å²) in [6.45, 7) is 9.09. The van der Waals surface area contributed by atoms with Crippen LogP contribution >= 0.6 is 23.1 Å². The molecule has 0 saturated carbocycles. The molecule has 0 fully saturated rings. The van der Waals surface area contributed by atoms with E-state index in [4.69, 9.17) is 19.7 Å². The summed E-state index contributed by atoms with van der Waals surface area (Å²) in [6.07, 6.45) is 3.27. The normalized spacial score (nSPS) is 16.5. The van der Waals surface area contributed by atoms with Gasteiger partial charge in [-0.25, -0.2) is 15.0 Å². The van der Waals surface area contributed by atoms with Crippen molar-refractivity contribution in [1.29, 1.82) is 0 Å². The van der Waals surface area contributed by atoms with Crippen molar-refractivity contribution in [2.45, 2.75) is 64.2 Å². The van der Waals surface area contributed by atoms with E-state index in [-0.39, 0.29) is 5.60 Å². The first-order valence-electron chi connectivity index (χ1n) is 8.83. The van der Waals surface area contributed by atoms with Gasteiger partial charge in [0, 0.05) is 17.4 Å². The molecular formula is C19H23N3OS2. The van der Waals surface area contributed by atoms with Crippen LogP contribution in [0.2, 0.25) is 0 Å². The monoisotopic (exact) mass is 373 g/mol. The van der Waals surface area contributed by atoms with Gasteiger partial charge in [-0.05, 0) is 39.0 Å². The molecule has 0 N–H and O–H groups in total. The van der Waals surface area contributed by atoms with Gasteiger partial charge in [-0.15, -0.1) is 23.1 Å². The van der Waals surface area contributed by atoms with Crippen molar-refractivity contribution < 1.29 is 4.74 Å². The Hall–Kier alpha value is -1.24. The molecule has 4 nitrogen and oxygen atoms in total. The molecule has 1 aliphatic rings. The molecule has 0 saturated heterocycles. The number of hydrogen-bond donors (Lipinski definition) is 0. The fourth-order valence-electron chi connectivity index (χ4n) is 3.15. The summed E-state index contributed by atoms with van der Waals surface area (Å²) in [7, 11) is 0. The van der Waals surface area contributed by atoms with Crippen molar-refractivity contribution in [2.75, 3.05) is 5.75 Å². The number of unbranched alkanes of at least 4 members (excludes halogenated alkanes) is 1. The molecule has 132 valence electrons. The minimum absolute atomic E-state index is 0.137. The maximum Gasteiger partial charge on any atom is 0.127 e. The number of fused-ring (bicyclic) bond motifs is 4. The van der Waals surface area contributed by atoms with Gasteiger partial charge < -0.3 is 4.74 Å². The Bertz CT molecular complexity index is 949. The highest BCUT2D eigenvalue weighted by Crippen LogP contribution is 2.39. The van der Waals surface area contributed by atoms with Gasteiger partial charge in [0.25, 0.3) is 0 Å². The highest BCUT2D eigenvalue weighted by Gasteiger charge is 2.28. The van der Waals surface area contributed by atoms with Crippen LogP contribution in [0.5, 0.6) is 0 Å². The van der Waals surface area contributed by atoms with Crippen LogP contribution in [0.25, 0.3) is 20.4 Å². The number of pyridine rings is 1. The Morgan fingerprint density at radius 1 is 1.28 bits per heavy atom. The van der Waals surface area contributed by atoms with Crippen LogP contribution < -0.4 is 0 Å². The Morgan fingerprint density at radius 2 is 2.12 bits per heavy atom. The molecule has 0 radical (unpaired) electrons. The highest BCUT2D eigenvalue weighted by atomic mass is 32.2. The van der Waals surface area contributed by atoms with E-state index >= 15 is 0 Å². The number of nitrogens with zero attached hydrogens (tertiary/aromatic N) is 3. The van der Waals surface area contributed by atoms with Gasteiger partial charge in [0.15, 0.2) is 0 Å². The second-order valence-electron chi connectivity index (χ2n) is 7.23. The Morgan fingerprint density at radius 3 is 2.92 bits per heavy atom. The number of aryl methyl sites for hydroxylation is 1. The van der Waals surface area contributed by atoms with E-state index in [0.29, 0.717) is 6.61 Å². The fraction of sp³-hybridized carbons (Fsp3) is 0.526. The second kappa shape index (κ2) is 6.49. The standard InChI is InChI=1S/C19H23N3OS2/c1-5-6-7-24-18-16-15(20-11(2)21-18)13-8-12-10-23-19(3,4)9-14(12)22-17(13)25-16/h8H,5-7,9-10H2,1-4H3. The van der Waals surface area contributed by atoms with Crippen LogP contribution in [0.1, 0.15) is 50.7 Å². The lowest BCUT2D eigenvalue weighted by atomic mass is 9.95. The summed E-state index contributed by atoms with van der Waals surface area (Å²) in [5.41, 5.74) is 3.27. The number of aromatic nitrogens is 3. The zero-order chi connectivity index (χ0) is 17.6. The number of ether oxygens (including phenoxy) is 1. The zero-order valence-electron chi connectivity index (χ0n) is 15.2. The first-order valence-corrected chi connectivity index (χ1v) is 10.6. The molecule has 6 heteroatoms. The topological polar surface area (TPSA) is 47.9 Å². The van der Waals surface area contributed by atoms with Gasteiger partial charge in [-0.2, -0.15) is 0 Å². The van der Waals surface area contributed by atoms with Crippen molar-refractivity contribution >= 4 is 43.5 Å². The number of thioether (sulfide) groups is 1. The molecule has 0 aromatic carbocycles. The van der Waals surface area contributed by atoms with E-state index in [1.807, 2.05) is 18.7 Å². The lowest BCUT2D eigenvalue weighted by molar-refractivity contribution is -0.0411. The quantitative estimate of drug-likeness (QED) is 0.353. The molecule has 0 atom stereocenters. The molecule has 0 unspecified atom stereocenters. The van der Waals surface area contributed by atoms with Gasteiger partial charge in [0.05, 0.1) is 28.1 Å². The van der Waals surface area contributed by atoms with E-state index in [1.54, 1.807) is 11.3 Å². The lowest BCUT2D eigenvalue weighted by Gasteiger charge is -2.30. The van der Waals surface area contributed by atoms with Crippen LogP contribution in [0.4, 0.5) is 0 Å². The van der Waals surface area contributed by atoms with E-state index in [0.717, 1.165) is 38.8 Å². The highest BCUT2D eigenvalue weighted by molar-refractivity contribution is 7.99. The summed E-state index contributed by atoms with van der Waals surface area (Å²) < 4.78 is 7.15. The van der Waals surface area contributed by atoms with Crippen LogP contribution in [-0.2, 0) is 17.8 Å². The van der Waals surface area contributed by atoms with E-state index in [2.05, 4.69) is 26.8 Å². The van der Waals surface area contributed by atoms with Gasteiger partial charge in [0.1, 0.15) is 15.7 Å². The molecule has 3 aromatic heterocycles. The third-order valence-corrected chi connectivity index (χ3v) is 6.79. The van der Waals surface area contributed by atoms with Crippen LogP contribution in [-0.4, -0.2) is 26.3 Å². The van der Waals surface area contributed by atoms with E-state index < -0.39 is 0 Å². The average Bonchev–Trinajstić information content (AvgIpc) is 2.90. The Kier molecular flexibility index (Phi) is 4.46. The molecule has 4 heterocycles. The second-order valence-corrected chi connectivity index (χ2v) is 9.31. The Labute approximate surface area is 156 Å². The van der Waals surface area contributed by atoms with Crippen LogP contribution in [0.3, 0.4) is 0 Å². The third-order valence-electron chi connectivity index (χ3n) is 4.50. The van der Waals surface area contributed by atoms with Gasteiger partial charge >= 0.3 is 0 Å². The summed E-state index contributed by atoms with van der Waals surface area (Å²) >= 11 is 3.57. The van der Waals surface area contributed by atoms with Gasteiger partial charge in [-0.3, -0.25) is 0 Å². The number of thiophene rings is 1. The first-order chi connectivity index (χ1) is 12.0. The number of rotatable bonds is 4. The molecule has 1 aliphatic heterocycles. The number of hydrogen-bond acceptors (Lipinski definition) is 6.